The Morgan fingerprint density at radius 1 is 1.28 bits per heavy atom. The van der Waals surface area contributed by atoms with Crippen molar-refractivity contribution in [3.8, 4) is 0 Å². The van der Waals surface area contributed by atoms with Crippen LogP contribution in [0.25, 0.3) is 0 Å². The summed E-state index contributed by atoms with van der Waals surface area (Å²) >= 11 is 7.14. The molecule has 1 heterocycles. The maximum atomic E-state index is 12.5. The maximum Gasteiger partial charge on any atom is 0.263 e. The number of hydrogen-bond acceptors (Lipinski definition) is 6. The summed E-state index contributed by atoms with van der Waals surface area (Å²) in [5.74, 6) is 0. The lowest BCUT2D eigenvalue weighted by Gasteiger charge is -2.12. The van der Waals surface area contributed by atoms with Crippen molar-refractivity contribution in [2.75, 3.05) is 24.6 Å². The zero-order valence-corrected chi connectivity index (χ0v) is 17.1. The third-order valence-corrected chi connectivity index (χ3v) is 7.83. The smallest absolute Gasteiger partial charge is 0.255 e. The molecule has 0 bridgehead atoms. The minimum absolute atomic E-state index is 0.0913. The van der Waals surface area contributed by atoms with Crippen molar-refractivity contribution in [2.45, 2.75) is 18.2 Å². The molecule has 0 spiro atoms. The van der Waals surface area contributed by atoms with E-state index < -0.39 is 20.0 Å². The van der Waals surface area contributed by atoms with Gasteiger partial charge < -0.3 is 0 Å². The maximum absolute atomic E-state index is 12.5. The Hall–Kier alpha value is -1.20. The number of halogens is 1. The molecule has 7 nitrogen and oxygen atoms in total. The molecule has 0 unspecified atom stereocenters. The highest BCUT2D eigenvalue weighted by Gasteiger charge is 2.20. The summed E-state index contributed by atoms with van der Waals surface area (Å²) in [6.07, 6.45) is 3.11. The predicted molar refractivity (Wildman–Crippen MR) is 100 cm³/mol. The molecule has 1 N–H and O–H groups in total. The van der Waals surface area contributed by atoms with Crippen LogP contribution in [0.15, 0.2) is 29.3 Å². The second-order valence-corrected chi connectivity index (χ2v) is 10.7. The first-order valence-corrected chi connectivity index (χ1v) is 11.7. The van der Waals surface area contributed by atoms with Gasteiger partial charge in [-0.25, -0.2) is 26.1 Å². The highest BCUT2D eigenvalue weighted by molar-refractivity contribution is 7.93. The molecule has 0 atom stereocenters. The van der Waals surface area contributed by atoms with Gasteiger partial charge >= 0.3 is 0 Å². The largest absolute Gasteiger partial charge is 0.263 e. The average Bonchev–Trinajstić information content (AvgIpc) is 2.93. The molecule has 138 valence electrons. The van der Waals surface area contributed by atoms with Crippen LogP contribution < -0.4 is 4.72 Å². The fraction of sp³-hybridized carbons (Fsp3) is 0.357. The second kappa shape index (κ2) is 7.58. The van der Waals surface area contributed by atoms with E-state index in [1.54, 1.807) is 19.1 Å². The quantitative estimate of drug-likeness (QED) is 0.737. The van der Waals surface area contributed by atoms with Gasteiger partial charge in [-0.3, -0.25) is 4.72 Å². The summed E-state index contributed by atoms with van der Waals surface area (Å²) < 4.78 is 51.4. The minimum atomic E-state index is -3.80. The molecule has 0 amide bonds. The van der Waals surface area contributed by atoms with Gasteiger partial charge in [0, 0.05) is 29.7 Å². The zero-order valence-electron chi connectivity index (χ0n) is 13.9. The first-order valence-electron chi connectivity index (χ1n) is 7.14. The molecule has 2 rings (SSSR count). The van der Waals surface area contributed by atoms with Crippen LogP contribution in [-0.4, -0.2) is 46.0 Å². The van der Waals surface area contributed by atoms with E-state index in [2.05, 4.69) is 9.71 Å². The van der Waals surface area contributed by atoms with Crippen molar-refractivity contribution in [1.82, 2.24) is 9.29 Å². The molecule has 2 aromatic rings. The van der Waals surface area contributed by atoms with E-state index in [0.717, 1.165) is 22.5 Å². The van der Waals surface area contributed by atoms with Gasteiger partial charge in [-0.05, 0) is 31.0 Å². The Balaban J connectivity index is 2.11. The van der Waals surface area contributed by atoms with Crippen molar-refractivity contribution in [3.63, 3.8) is 0 Å². The van der Waals surface area contributed by atoms with E-state index in [1.165, 1.54) is 23.6 Å². The number of nitrogens with zero attached hydrogens (tertiary/aromatic N) is 2. The van der Waals surface area contributed by atoms with Crippen LogP contribution in [0.4, 0.5) is 5.13 Å². The van der Waals surface area contributed by atoms with Crippen LogP contribution in [0.5, 0.6) is 0 Å². The molecular weight excluding hydrogens is 406 g/mol. The molecule has 0 aliphatic carbocycles. The molecule has 0 saturated heterocycles. The van der Waals surface area contributed by atoms with Gasteiger partial charge in [0.15, 0.2) is 5.13 Å². The Labute approximate surface area is 156 Å². The van der Waals surface area contributed by atoms with Gasteiger partial charge in [0.2, 0.25) is 10.0 Å². The molecule has 0 aliphatic heterocycles. The minimum Gasteiger partial charge on any atom is -0.255 e. The fourth-order valence-electron chi connectivity index (χ4n) is 1.95. The number of hydrogen-bond donors (Lipinski definition) is 1. The fourth-order valence-corrected chi connectivity index (χ4v) is 4.92. The summed E-state index contributed by atoms with van der Waals surface area (Å²) in [5, 5.41) is 0.586. The Kier molecular flexibility index (Phi) is 6.10. The Morgan fingerprint density at radius 2 is 1.96 bits per heavy atom. The molecular formula is C14H18ClN3O4S3. The van der Waals surface area contributed by atoms with E-state index in [0.29, 0.717) is 23.6 Å². The van der Waals surface area contributed by atoms with Gasteiger partial charge in [-0.2, -0.15) is 0 Å². The molecule has 11 heteroatoms. The normalized spacial score (nSPS) is 12.5. The Bertz CT molecular complexity index is 971. The molecule has 0 fully saturated rings. The van der Waals surface area contributed by atoms with Crippen LogP contribution in [0, 0.1) is 6.92 Å². The first kappa shape index (κ1) is 20.1. The summed E-state index contributed by atoms with van der Waals surface area (Å²) in [4.78, 5) is 4.91. The number of aromatic nitrogens is 1. The standard InChI is InChI=1S/C14H18ClN3O4S3/c1-10-12(15)5-4-6-13(10)25(21,22)17-14-16-9-11(23-14)7-8-18(2)24(3,19)20/h4-6,9H,7-8H2,1-3H3,(H,16,17). The lowest BCUT2D eigenvalue weighted by Crippen LogP contribution is -2.27. The lowest BCUT2D eigenvalue weighted by atomic mass is 10.2. The Morgan fingerprint density at radius 3 is 2.60 bits per heavy atom. The molecule has 0 aliphatic rings. The summed E-state index contributed by atoms with van der Waals surface area (Å²) in [7, 11) is -5.56. The van der Waals surface area contributed by atoms with Gasteiger partial charge in [0.05, 0.1) is 11.2 Å². The van der Waals surface area contributed by atoms with E-state index in [-0.39, 0.29) is 10.0 Å². The zero-order chi connectivity index (χ0) is 18.8. The summed E-state index contributed by atoms with van der Waals surface area (Å²) in [6, 6.07) is 4.66. The second-order valence-electron chi connectivity index (χ2n) is 5.43. The molecule has 1 aromatic heterocycles. The van der Waals surface area contributed by atoms with Gasteiger partial charge in [-0.1, -0.05) is 17.7 Å². The van der Waals surface area contributed by atoms with Crippen molar-refractivity contribution < 1.29 is 16.8 Å². The number of rotatable bonds is 7. The van der Waals surface area contributed by atoms with Crippen LogP contribution in [0.3, 0.4) is 0 Å². The van der Waals surface area contributed by atoms with Gasteiger partial charge in [-0.15, -0.1) is 11.3 Å². The lowest BCUT2D eigenvalue weighted by molar-refractivity contribution is 0.479. The van der Waals surface area contributed by atoms with E-state index >= 15 is 0 Å². The molecule has 25 heavy (non-hydrogen) atoms. The van der Waals surface area contributed by atoms with E-state index in [9.17, 15) is 16.8 Å². The summed E-state index contributed by atoms with van der Waals surface area (Å²) in [5.41, 5.74) is 0.461. The van der Waals surface area contributed by atoms with Crippen LogP contribution in [0.1, 0.15) is 10.4 Å². The number of nitrogens with one attached hydrogen (secondary N) is 1. The van der Waals surface area contributed by atoms with E-state index in [4.69, 9.17) is 11.6 Å². The predicted octanol–water partition coefficient (Wildman–Crippen LogP) is 2.34. The van der Waals surface area contributed by atoms with Gasteiger partial charge in [0.25, 0.3) is 10.0 Å². The van der Waals surface area contributed by atoms with Gasteiger partial charge in [0.1, 0.15) is 0 Å². The number of thiazole rings is 1. The molecule has 1 aromatic carbocycles. The highest BCUT2D eigenvalue weighted by atomic mass is 35.5. The van der Waals surface area contributed by atoms with Crippen molar-refractivity contribution >= 4 is 48.1 Å². The SMILES string of the molecule is Cc1c(Cl)cccc1S(=O)(=O)Nc1ncc(CCN(C)S(C)(=O)=O)s1. The van der Waals surface area contributed by atoms with Crippen LogP contribution in [-0.2, 0) is 26.5 Å². The van der Waals surface area contributed by atoms with Crippen LogP contribution >= 0.6 is 22.9 Å². The highest BCUT2D eigenvalue weighted by Crippen LogP contribution is 2.26. The number of benzene rings is 1. The third-order valence-electron chi connectivity index (χ3n) is 3.52. The van der Waals surface area contributed by atoms with Crippen molar-refractivity contribution in [1.29, 1.82) is 0 Å². The number of sulfonamides is 2. The van der Waals surface area contributed by atoms with Crippen molar-refractivity contribution in [2.24, 2.45) is 0 Å². The third kappa shape index (κ3) is 5.14. The number of anilines is 1. The van der Waals surface area contributed by atoms with Crippen LogP contribution in [0.2, 0.25) is 5.02 Å². The monoisotopic (exact) mass is 423 g/mol. The first-order chi connectivity index (χ1) is 11.5. The van der Waals surface area contributed by atoms with E-state index in [1.807, 2.05) is 0 Å². The number of likely N-dealkylation sites (N-methyl/N-ethyl adjacent to an activating group) is 1. The topological polar surface area (TPSA) is 96.4 Å². The molecule has 0 saturated carbocycles. The molecule has 0 radical (unpaired) electrons. The van der Waals surface area contributed by atoms with Crippen molar-refractivity contribution in [3.05, 3.63) is 39.9 Å². The summed E-state index contributed by atoms with van der Waals surface area (Å²) in [6.45, 7) is 1.92. The average molecular weight is 424 g/mol.